The number of benzene rings is 1. The first-order valence-electron chi connectivity index (χ1n) is 6.94. The molecule has 1 amide bonds. The Morgan fingerprint density at radius 2 is 2.05 bits per heavy atom. The van der Waals surface area contributed by atoms with Crippen molar-refractivity contribution in [3.63, 3.8) is 0 Å². The number of morpholine rings is 1. The first-order chi connectivity index (χ1) is 10.2. The average molecular weight is 285 g/mol. The molecule has 1 aromatic carbocycles. The van der Waals surface area contributed by atoms with Crippen LogP contribution < -0.4 is 0 Å². The van der Waals surface area contributed by atoms with Crippen LogP contribution in [0, 0.1) is 11.3 Å². The van der Waals surface area contributed by atoms with Crippen molar-refractivity contribution in [1.82, 2.24) is 9.80 Å². The molecular weight excluding hydrogens is 266 g/mol. The van der Waals surface area contributed by atoms with Crippen LogP contribution in [0.5, 0.6) is 0 Å². The number of carbonyl (C=O) groups is 1. The van der Waals surface area contributed by atoms with Crippen molar-refractivity contribution in [2.45, 2.75) is 6.54 Å². The second-order valence-electron chi connectivity index (χ2n) is 4.96. The summed E-state index contributed by atoms with van der Waals surface area (Å²) >= 11 is 0. The molecule has 1 aliphatic rings. The summed E-state index contributed by atoms with van der Waals surface area (Å²) in [4.78, 5) is 15.8. The van der Waals surface area contributed by atoms with Crippen LogP contribution >= 0.6 is 0 Å². The molecule has 0 atom stereocenters. The molecule has 21 heavy (non-hydrogen) atoms. The summed E-state index contributed by atoms with van der Waals surface area (Å²) in [6, 6.07) is 11.9. The molecule has 2 rings (SSSR count). The number of amides is 1. The molecule has 0 radical (unpaired) electrons. The minimum absolute atomic E-state index is 0.162. The van der Waals surface area contributed by atoms with Crippen LogP contribution in [0.1, 0.15) is 5.56 Å². The van der Waals surface area contributed by atoms with Gasteiger partial charge in [0, 0.05) is 32.9 Å². The quantitative estimate of drug-likeness (QED) is 0.619. The van der Waals surface area contributed by atoms with Crippen LogP contribution in [0.15, 0.2) is 42.1 Å². The van der Waals surface area contributed by atoms with E-state index in [0.717, 1.165) is 5.56 Å². The van der Waals surface area contributed by atoms with Gasteiger partial charge < -0.3 is 14.5 Å². The topological polar surface area (TPSA) is 56.6 Å². The highest BCUT2D eigenvalue weighted by Crippen LogP contribution is 2.08. The van der Waals surface area contributed by atoms with E-state index in [-0.39, 0.29) is 11.5 Å². The van der Waals surface area contributed by atoms with E-state index in [1.54, 1.807) is 11.1 Å². The summed E-state index contributed by atoms with van der Waals surface area (Å²) in [5.74, 6) is -0.222. The van der Waals surface area contributed by atoms with Gasteiger partial charge in [-0.05, 0) is 5.56 Å². The summed E-state index contributed by atoms with van der Waals surface area (Å²) in [5, 5.41) is 9.22. The Bertz CT molecular complexity index is 542. The number of rotatable bonds is 4. The number of nitriles is 1. The van der Waals surface area contributed by atoms with Gasteiger partial charge in [-0.25, -0.2) is 0 Å². The van der Waals surface area contributed by atoms with Gasteiger partial charge in [-0.3, -0.25) is 4.79 Å². The highest BCUT2D eigenvalue weighted by Gasteiger charge is 2.20. The lowest BCUT2D eigenvalue weighted by Gasteiger charge is -2.26. The molecule has 0 spiro atoms. The van der Waals surface area contributed by atoms with Gasteiger partial charge in [0.1, 0.15) is 11.6 Å². The Hall–Kier alpha value is -2.32. The van der Waals surface area contributed by atoms with E-state index in [2.05, 4.69) is 0 Å². The summed E-state index contributed by atoms with van der Waals surface area (Å²) in [6.45, 7) is 2.80. The van der Waals surface area contributed by atoms with Gasteiger partial charge in [0.25, 0.3) is 5.91 Å². The van der Waals surface area contributed by atoms with Gasteiger partial charge in [0.2, 0.25) is 0 Å². The van der Waals surface area contributed by atoms with Crippen LogP contribution in [0.25, 0.3) is 0 Å². The second kappa shape index (κ2) is 7.46. The number of carbonyl (C=O) groups excluding carboxylic acids is 1. The van der Waals surface area contributed by atoms with Crippen LogP contribution in [-0.2, 0) is 16.1 Å². The molecule has 1 fully saturated rings. The Labute approximate surface area is 125 Å². The lowest BCUT2D eigenvalue weighted by atomic mass is 10.2. The highest BCUT2D eigenvalue weighted by atomic mass is 16.5. The van der Waals surface area contributed by atoms with E-state index in [0.29, 0.717) is 32.8 Å². The van der Waals surface area contributed by atoms with E-state index in [1.165, 1.54) is 0 Å². The number of hydrogen-bond donors (Lipinski definition) is 0. The van der Waals surface area contributed by atoms with Crippen LogP contribution in [0.3, 0.4) is 0 Å². The lowest BCUT2D eigenvalue weighted by molar-refractivity contribution is -0.130. The third kappa shape index (κ3) is 4.33. The molecule has 0 saturated carbocycles. The van der Waals surface area contributed by atoms with E-state index < -0.39 is 0 Å². The Morgan fingerprint density at radius 3 is 2.67 bits per heavy atom. The maximum Gasteiger partial charge on any atom is 0.266 e. The molecule has 5 nitrogen and oxygen atoms in total. The van der Waals surface area contributed by atoms with Crippen LogP contribution in [0.4, 0.5) is 0 Å². The maximum atomic E-state index is 12.3. The smallest absolute Gasteiger partial charge is 0.266 e. The van der Waals surface area contributed by atoms with Crippen LogP contribution in [-0.4, -0.2) is 49.1 Å². The summed E-state index contributed by atoms with van der Waals surface area (Å²) in [5.41, 5.74) is 1.29. The molecule has 1 aliphatic heterocycles. The van der Waals surface area contributed by atoms with Crippen molar-refractivity contribution in [3.8, 4) is 6.07 Å². The van der Waals surface area contributed by atoms with Crippen molar-refractivity contribution in [2.24, 2.45) is 0 Å². The van der Waals surface area contributed by atoms with E-state index in [9.17, 15) is 10.1 Å². The average Bonchev–Trinajstić information content (AvgIpc) is 2.53. The normalized spacial score (nSPS) is 15.4. The van der Waals surface area contributed by atoms with Crippen molar-refractivity contribution in [1.29, 1.82) is 5.26 Å². The number of ether oxygens (including phenoxy) is 1. The molecule has 0 unspecified atom stereocenters. The van der Waals surface area contributed by atoms with E-state index in [4.69, 9.17) is 4.74 Å². The molecular formula is C16H19N3O2. The van der Waals surface area contributed by atoms with Crippen LogP contribution in [0.2, 0.25) is 0 Å². The molecule has 1 aromatic rings. The third-order valence-electron chi connectivity index (χ3n) is 3.27. The van der Waals surface area contributed by atoms with Crippen molar-refractivity contribution >= 4 is 5.91 Å². The van der Waals surface area contributed by atoms with Gasteiger partial charge in [-0.2, -0.15) is 5.26 Å². The minimum Gasteiger partial charge on any atom is -0.378 e. The minimum atomic E-state index is -0.222. The predicted molar refractivity (Wildman–Crippen MR) is 79.0 cm³/mol. The monoisotopic (exact) mass is 285 g/mol. The van der Waals surface area contributed by atoms with Gasteiger partial charge in [0.15, 0.2) is 0 Å². The highest BCUT2D eigenvalue weighted by molar-refractivity contribution is 5.97. The van der Waals surface area contributed by atoms with Crippen molar-refractivity contribution in [2.75, 3.05) is 33.4 Å². The summed E-state index contributed by atoms with van der Waals surface area (Å²) in [6.07, 6.45) is 1.62. The van der Waals surface area contributed by atoms with E-state index >= 15 is 0 Å². The SMILES string of the molecule is CN(/C=C(/C#N)C(=O)N1CCOCC1)Cc1ccccc1. The van der Waals surface area contributed by atoms with Crippen molar-refractivity contribution in [3.05, 3.63) is 47.7 Å². The molecule has 0 aromatic heterocycles. The predicted octanol–water partition coefficient (Wildman–Crippen LogP) is 1.38. The Balaban J connectivity index is 2.02. The number of hydrogen-bond acceptors (Lipinski definition) is 4. The first kappa shape index (κ1) is 15.1. The largest absolute Gasteiger partial charge is 0.378 e. The summed E-state index contributed by atoms with van der Waals surface area (Å²) < 4.78 is 5.22. The molecule has 110 valence electrons. The lowest BCUT2D eigenvalue weighted by Crippen LogP contribution is -2.41. The van der Waals surface area contributed by atoms with Gasteiger partial charge in [-0.15, -0.1) is 0 Å². The maximum absolute atomic E-state index is 12.3. The summed E-state index contributed by atoms with van der Waals surface area (Å²) in [7, 11) is 1.86. The zero-order chi connectivity index (χ0) is 15.1. The number of nitrogens with zero attached hydrogens (tertiary/aromatic N) is 3. The molecule has 5 heteroatoms. The second-order valence-corrected chi connectivity index (χ2v) is 4.96. The first-order valence-corrected chi connectivity index (χ1v) is 6.94. The zero-order valence-corrected chi connectivity index (χ0v) is 12.2. The van der Waals surface area contributed by atoms with Gasteiger partial charge in [-0.1, -0.05) is 30.3 Å². The molecule has 1 saturated heterocycles. The standard InChI is InChI=1S/C16H19N3O2/c1-18(12-14-5-3-2-4-6-14)13-15(11-17)16(20)19-7-9-21-10-8-19/h2-6,13H,7-10,12H2,1H3/b15-13-. The Morgan fingerprint density at radius 1 is 1.38 bits per heavy atom. The van der Waals surface area contributed by atoms with E-state index in [1.807, 2.05) is 48.3 Å². The van der Waals surface area contributed by atoms with Gasteiger partial charge >= 0.3 is 0 Å². The molecule has 0 bridgehead atoms. The fourth-order valence-electron chi connectivity index (χ4n) is 2.21. The third-order valence-corrected chi connectivity index (χ3v) is 3.27. The van der Waals surface area contributed by atoms with Gasteiger partial charge in [0.05, 0.1) is 13.2 Å². The fourth-order valence-corrected chi connectivity index (χ4v) is 2.21. The molecule has 0 aliphatic carbocycles. The zero-order valence-electron chi connectivity index (χ0n) is 12.2. The molecule has 0 N–H and O–H groups in total. The molecule has 1 heterocycles. The fraction of sp³-hybridized carbons (Fsp3) is 0.375. The van der Waals surface area contributed by atoms with Crippen molar-refractivity contribution < 1.29 is 9.53 Å². The Kier molecular flexibility index (Phi) is 5.35.